The molecule has 0 atom stereocenters. The van der Waals surface area contributed by atoms with Gasteiger partial charge in [-0.2, -0.15) is 0 Å². The average molecular weight is 222 g/mol. The minimum atomic E-state index is 0.805. The molecule has 1 aromatic rings. The normalized spacial score (nSPS) is 20.2. The second-order valence-electron chi connectivity index (χ2n) is 3.96. The largest absolute Gasteiger partial charge is 0.316 e. The highest BCUT2D eigenvalue weighted by Crippen LogP contribution is 2.18. The zero-order valence-electron chi connectivity index (χ0n) is 8.80. The molecule has 0 bridgehead atoms. The number of hydrogen-bond acceptors (Lipinski definition) is 1. The van der Waals surface area contributed by atoms with Gasteiger partial charge < -0.3 is 5.32 Å². The molecule has 2 rings (SSSR count). The van der Waals surface area contributed by atoms with Gasteiger partial charge in [0.05, 0.1) is 0 Å². The van der Waals surface area contributed by atoms with E-state index in [0.29, 0.717) is 0 Å². The number of nitrogens with one attached hydrogen (secondary N) is 1. The Morgan fingerprint density at radius 2 is 1.87 bits per heavy atom. The molecule has 1 aromatic carbocycles. The first-order chi connectivity index (χ1) is 7.34. The molecule has 0 spiro atoms. The van der Waals surface area contributed by atoms with Crippen LogP contribution in [0.3, 0.4) is 0 Å². The summed E-state index contributed by atoms with van der Waals surface area (Å²) in [6.45, 7) is 2.26. The first-order valence-corrected chi connectivity index (χ1v) is 5.88. The van der Waals surface area contributed by atoms with Crippen LogP contribution < -0.4 is 5.32 Å². The molecule has 0 aliphatic carbocycles. The Hall–Kier alpha value is -0.790. The fourth-order valence-electron chi connectivity index (χ4n) is 1.88. The van der Waals surface area contributed by atoms with Crippen molar-refractivity contribution in [3.8, 4) is 0 Å². The van der Waals surface area contributed by atoms with Crippen molar-refractivity contribution in [3.63, 3.8) is 0 Å². The smallest absolute Gasteiger partial charge is 0.0406 e. The van der Waals surface area contributed by atoms with Gasteiger partial charge in [-0.3, -0.25) is 0 Å². The van der Waals surface area contributed by atoms with E-state index in [1.807, 2.05) is 12.1 Å². The SMILES string of the molecule is Clc1ccc(/C=C2/CCCNCC2)cc1. The molecular formula is C13H16ClN. The molecule has 1 aliphatic heterocycles. The molecule has 80 valence electrons. The minimum absolute atomic E-state index is 0.805. The van der Waals surface area contributed by atoms with E-state index in [4.69, 9.17) is 11.6 Å². The van der Waals surface area contributed by atoms with Crippen LogP contribution in [0, 0.1) is 0 Å². The van der Waals surface area contributed by atoms with Gasteiger partial charge >= 0.3 is 0 Å². The van der Waals surface area contributed by atoms with Gasteiger partial charge in [-0.15, -0.1) is 0 Å². The third-order valence-electron chi connectivity index (χ3n) is 2.72. The van der Waals surface area contributed by atoms with Crippen molar-refractivity contribution < 1.29 is 0 Å². The molecule has 2 heteroatoms. The van der Waals surface area contributed by atoms with Gasteiger partial charge in [0, 0.05) is 5.02 Å². The maximum atomic E-state index is 5.85. The van der Waals surface area contributed by atoms with E-state index in [-0.39, 0.29) is 0 Å². The number of halogens is 1. The van der Waals surface area contributed by atoms with Gasteiger partial charge in [0.25, 0.3) is 0 Å². The highest BCUT2D eigenvalue weighted by molar-refractivity contribution is 6.30. The third kappa shape index (κ3) is 3.37. The van der Waals surface area contributed by atoms with Crippen LogP contribution in [0.5, 0.6) is 0 Å². The Balaban J connectivity index is 2.10. The second kappa shape index (κ2) is 5.34. The highest BCUT2D eigenvalue weighted by atomic mass is 35.5. The Morgan fingerprint density at radius 3 is 2.67 bits per heavy atom. The van der Waals surface area contributed by atoms with Gasteiger partial charge in [0.15, 0.2) is 0 Å². The summed E-state index contributed by atoms with van der Waals surface area (Å²) in [5.74, 6) is 0. The maximum Gasteiger partial charge on any atom is 0.0406 e. The van der Waals surface area contributed by atoms with Crippen molar-refractivity contribution in [1.82, 2.24) is 5.32 Å². The lowest BCUT2D eigenvalue weighted by Gasteiger charge is -2.02. The van der Waals surface area contributed by atoms with Crippen molar-refractivity contribution in [2.45, 2.75) is 19.3 Å². The fourth-order valence-corrected chi connectivity index (χ4v) is 2.00. The Kier molecular flexibility index (Phi) is 3.81. The highest BCUT2D eigenvalue weighted by Gasteiger charge is 2.03. The fraction of sp³-hybridized carbons (Fsp3) is 0.385. The Morgan fingerprint density at radius 1 is 1.07 bits per heavy atom. The first-order valence-electron chi connectivity index (χ1n) is 5.50. The van der Waals surface area contributed by atoms with Crippen LogP contribution >= 0.6 is 11.6 Å². The van der Waals surface area contributed by atoms with Crippen LogP contribution in [-0.2, 0) is 0 Å². The summed E-state index contributed by atoms with van der Waals surface area (Å²) in [4.78, 5) is 0. The Labute approximate surface area is 96.1 Å². The summed E-state index contributed by atoms with van der Waals surface area (Å²) < 4.78 is 0. The molecule has 1 heterocycles. The number of hydrogen-bond donors (Lipinski definition) is 1. The Bertz CT molecular complexity index is 330. The lowest BCUT2D eigenvalue weighted by Crippen LogP contribution is -2.13. The number of rotatable bonds is 1. The zero-order chi connectivity index (χ0) is 10.5. The van der Waals surface area contributed by atoms with E-state index in [9.17, 15) is 0 Å². The van der Waals surface area contributed by atoms with E-state index in [0.717, 1.165) is 18.1 Å². The lowest BCUT2D eigenvalue weighted by atomic mass is 10.0. The molecule has 0 amide bonds. The standard InChI is InChI=1S/C13H16ClN/c14-13-5-3-12(4-6-13)10-11-2-1-8-15-9-7-11/h3-6,10,15H,1-2,7-9H2/b11-10-. The van der Waals surface area contributed by atoms with Crippen LogP contribution in [0.1, 0.15) is 24.8 Å². The van der Waals surface area contributed by atoms with Gasteiger partial charge in [-0.1, -0.05) is 35.4 Å². The van der Waals surface area contributed by atoms with E-state index >= 15 is 0 Å². The van der Waals surface area contributed by atoms with Crippen molar-refractivity contribution >= 4 is 17.7 Å². The second-order valence-corrected chi connectivity index (χ2v) is 4.39. The van der Waals surface area contributed by atoms with Crippen molar-refractivity contribution in [1.29, 1.82) is 0 Å². The summed E-state index contributed by atoms with van der Waals surface area (Å²) in [7, 11) is 0. The van der Waals surface area contributed by atoms with E-state index < -0.39 is 0 Å². The minimum Gasteiger partial charge on any atom is -0.316 e. The van der Waals surface area contributed by atoms with Gasteiger partial charge in [0.2, 0.25) is 0 Å². The molecule has 0 saturated carbocycles. The summed E-state index contributed by atoms with van der Waals surface area (Å²) in [5.41, 5.74) is 2.80. The molecule has 15 heavy (non-hydrogen) atoms. The van der Waals surface area contributed by atoms with Gasteiger partial charge in [-0.05, 0) is 50.0 Å². The molecule has 1 fully saturated rings. The average Bonchev–Trinajstić information content (AvgIpc) is 2.50. The maximum absolute atomic E-state index is 5.85. The molecule has 1 aliphatic rings. The predicted molar refractivity (Wildman–Crippen MR) is 66.1 cm³/mol. The van der Waals surface area contributed by atoms with Crippen molar-refractivity contribution in [2.75, 3.05) is 13.1 Å². The molecule has 1 N–H and O–H groups in total. The van der Waals surface area contributed by atoms with Crippen LogP contribution in [0.2, 0.25) is 5.02 Å². The lowest BCUT2D eigenvalue weighted by molar-refractivity contribution is 0.703. The van der Waals surface area contributed by atoms with Crippen LogP contribution in [0.15, 0.2) is 29.8 Å². The van der Waals surface area contributed by atoms with E-state index in [2.05, 4.69) is 23.5 Å². The third-order valence-corrected chi connectivity index (χ3v) is 2.97. The quantitative estimate of drug-likeness (QED) is 0.766. The predicted octanol–water partition coefficient (Wildman–Crippen LogP) is 3.50. The number of benzene rings is 1. The van der Waals surface area contributed by atoms with E-state index in [1.54, 1.807) is 5.57 Å². The van der Waals surface area contributed by atoms with Crippen LogP contribution in [0.25, 0.3) is 6.08 Å². The van der Waals surface area contributed by atoms with E-state index in [1.165, 1.54) is 24.8 Å². The molecule has 0 aromatic heterocycles. The van der Waals surface area contributed by atoms with Gasteiger partial charge in [-0.25, -0.2) is 0 Å². The zero-order valence-corrected chi connectivity index (χ0v) is 9.56. The van der Waals surface area contributed by atoms with Crippen LogP contribution in [0.4, 0.5) is 0 Å². The summed E-state index contributed by atoms with van der Waals surface area (Å²) >= 11 is 5.85. The monoisotopic (exact) mass is 221 g/mol. The van der Waals surface area contributed by atoms with Crippen molar-refractivity contribution in [3.05, 3.63) is 40.4 Å². The van der Waals surface area contributed by atoms with Crippen LogP contribution in [-0.4, -0.2) is 13.1 Å². The molecule has 0 unspecified atom stereocenters. The topological polar surface area (TPSA) is 12.0 Å². The van der Waals surface area contributed by atoms with Crippen molar-refractivity contribution in [2.24, 2.45) is 0 Å². The molecule has 0 radical (unpaired) electrons. The summed E-state index contributed by atoms with van der Waals surface area (Å²) in [5, 5.41) is 4.22. The summed E-state index contributed by atoms with van der Waals surface area (Å²) in [6, 6.07) is 8.05. The molecular weight excluding hydrogens is 206 g/mol. The van der Waals surface area contributed by atoms with Gasteiger partial charge in [0.1, 0.15) is 0 Å². The summed E-state index contributed by atoms with van der Waals surface area (Å²) in [6.07, 6.45) is 5.93. The molecule has 1 saturated heterocycles. The molecule has 1 nitrogen and oxygen atoms in total. The first kappa shape index (κ1) is 10.7.